The number of rotatable bonds is 2. The number of hydrogen-bond acceptors (Lipinski definition) is 2. The Morgan fingerprint density at radius 1 is 1.15 bits per heavy atom. The second kappa shape index (κ2) is 5.03. The minimum atomic E-state index is 0. The Morgan fingerprint density at radius 2 is 1.92 bits per heavy atom. The van der Waals surface area contributed by atoms with Crippen LogP contribution in [-0.4, -0.2) is 39.8 Å². The predicted octanol–water partition coefficient (Wildman–Crippen LogP) is 0.212. The minimum absolute atomic E-state index is 0. The maximum Gasteiger partial charge on any atom is 0.0868 e. The molecule has 2 aromatic rings. The summed E-state index contributed by atoms with van der Waals surface area (Å²) in [4.78, 5) is 0. The molecule has 0 saturated carbocycles. The number of hydrogen-bond donors (Lipinski definition) is 1. The summed E-state index contributed by atoms with van der Waals surface area (Å²) in [5.41, 5.74) is 2.23. The fourth-order valence-corrected chi connectivity index (χ4v) is 1.12. The quantitative estimate of drug-likeness (QED) is 0.801. The van der Waals surface area contributed by atoms with Crippen LogP contribution in [0.4, 0.5) is 0 Å². The van der Waals surface area contributed by atoms with Gasteiger partial charge in [0, 0.05) is 6.42 Å². The van der Waals surface area contributed by atoms with Crippen molar-refractivity contribution < 1.29 is 0 Å². The van der Waals surface area contributed by atoms with Crippen LogP contribution in [0, 0.1) is 0 Å². The van der Waals surface area contributed by atoms with Crippen LogP contribution in [-0.2, 0) is 6.42 Å². The van der Waals surface area contributed by atoms with Crippen LogP contribution in [0.3, 0.4) is 0 Å². The number of aromatic nitrogens is 3. The van der Waals surface area contributed by atoms with Gasteiger partial charge in [-0.15, -0.1) is 0 Å². The van der Waals surface area contributed by atoms with Crippen molar-refractivity contribution >= 4 is 24.4 Å². The van der Waals surface area contributed by atoms with E-state index in [4.69, 9.17) is 0 Å². The number of nitrogens with zero attached hydrogens (tertiary/aromatic N) is 2. The first-order valence-corrected chi connectivity index (χ1v) is 3.84. The van der Waals surface area contributed by atoms with Gasteiger partial charge in [-0.25, -0.2) is 0 Å². The standard InChI is InChI=1S/C9H9N3.Sb.3H/c1-2-4-8(5-3-1)6-9-7-10-12-11-9;;;;/h1-5,7H,6H2,(H,10,11,12);;;;. The Bertz CT molecular complexity index is 331. The summed E-state index contributed by atoms with van der Waals surface area (Å²) < 4.78 is 0. The molecule has 1 aromatic carbocycles. The fourth-order valence-electron chi connectivity index (χ4n) is 1.12. The molecule has 1 heterocycles. The van der Waals surface area contributed by atoms with Crippen molar-refractivity contribution in [3.8, 4) is 0 Å². The molecule has 0 saturated heterocycles. The number of H-pyrrole nitrogens is 1. The molecule has 1 N–H and O–H groups in total. The Balaban J connectivity index is 0.000000845. The Labute approximate surface area is 94.0 Å². The van der Waals surface area contributed by atoms with Crippen LogP contribution in [0.15, 0.2) is 36.5 Å². The van der Waals surface area contributed by atoms with Gasteiger partial charge in [-0.2, -0.15) is 15.4 Å². The van der Waals surface area contributed by atoms with E-state index in [1.165, 1.54) is 5.56 Å². The zero-order chi connectivity index (χ0) is 8.23. The molecule has 3 nitrogen and oxygen atoms in total. The third kappa shape index (κ3) is 2.85. The average Bonchev–Trinajstić information content (AvgIpc) is 2.59. The van der Waals surface area contributed by atoms with Gasteiger partial charge < -0.3 is 0 Å². The van der Waals surface area contributed by atoms with Crippen molar-refractivity contribution in [1.29, 1.82) is 0 Å². The summed E-state index contributed by atoms with van der Waals surface area (Å²) in [7, 11) is 0. The fraction of sp³-hybridized carbons (Fsp3) is 0.111. The Morgan fingerprint density at radius 3 is 2.54 bits per heavy atom. The molecule has 0 spiro atoms. The van der Waals surface area contributed by atoms with Crippen LogP contribution in [0.25, 0.3) is 0 Å². The maximum atomic E-state index is 3.98. The molecule has 0 amide bonds. The minimum Gasteiger partial charge on any atom is -0.198 e. The van der Waals surface area contributed by atoms with Gasteiger partial charge >= 0.3 is 24.4 Å². The summed E-state index contributed by atoms with van der Waals surface area (Å²) in [6.45, 7) is 0. The van der Waals surface area contributed by atoms with E-state index in [1.54, 1.807) is 6.20 Å². The normalized spacial score (nSPS) is 9.23. The molecule has 13 heavy (non-hydrogen) atoms. The first-order chi connectivity index (χ1) is 5.95. The summed E-state index contributed by atoms with van der Waals surface area (Å²) in [5, 5.41) is 10.3. The monoisotopic (exact) mass is 283 g/mol. The molecule has 0 aliphatic heterocycles. The zero-order valence-corrected chi connectivity index (χ0v) is 11.3. The van der Waals surface area contributed by atoms with E-state index in [2.05, 4.69) is 27.5 Å². The molecule has 2 rings (SSSR count). The van der Waals surface area contributed by atoms with Crippen LogP contribution in [0.5, 0.6) is 0 Å². The van der Waals surface area contributed by atoms with Gasteiger partial charge in [-0.1, -0.05) is 30.3 Å². The molecule has 1 aromatic heterocycles. The molecule has 0 aliphatic rings. The molecule has 0 radical (unpaired) electrons. The number of aromatic amines is 1. The summed E-state index contributed by atoms with van der Waals surface area (Å²) >= 11 is 0. The van der Waals surface area contributed by atoms with Gasteiger partial charge in [0.25, 0.3) is 0 Å². The van der Waals surface area contributed by atoms with E-state index in [9.17, 15) is 0 Å². The largest absolute Gasteiger partial charge is 0.198 e. The van der Waals surface area contributed by atoms with Crippen molar-refractivity contribution in [2.24, 2.45) is 0 Å². The molecule has 4 heteroatoms. The Hall–Kier alpha value is -0.822. The summed E-state index contributed by atoms with van der Waals surface area (Å²) in [6, 6.07) is 10.2. The van der Waals surface area contributed by atoms with E-state index in [0.717, 1.165) is 12.1 Å². The van der Waals surface area contributed by atoms with Crippen molar-refractivity contribution in [1.82, 2.24) is 15.4 Å². The average molecular weight is 284 g/mol. The van der Waals surface area contributed by atoms with E-state index < -0.39 is 0 Å². The van der Waals surface area contributed by atoms with Gasteiger partial charge in [0.2, 0.25) is 0 Å². The molecule has 0 bridgehead atoms. The maximum absolute atomic E-state index is 3.98. The van der Waals surface area contributed by atoms with Crippen molar-refractivity contribution in [3.05, 3.63) is 47.8 Å². The number of nitrogens with one attached hydrogen (secondary N) is 1. The zero-order valence-electron chi connectivity index (χ0n) is 7.27. The van der Waals surface area contributed by atoms with Gasteiger partial charge in [0.1, 0.15) is 0 Å². The molecular weight excluding hydrogens is 272 g/mol. The van der Waals surface area contributed by atoms with Gasteiger partial charge in [-0.3, -0.25) is 0 Å². The van der Waals surface area contributed by atoms with Gasteiger partial charge in [0.15, 0.2) is 0 Å². The molecule has 0 fully saturated rings. The van der Waals surface area contributed by atoms with Gasteiger partial charge in [-0.05, 0) is 5.56 Å². The second-order valence-electron chi connectivity index (χ2n) is 2.62. The van der Waals surface area contributed by atoms with E-state index in [0.29, 0.717) is 0 Å². The SMILES string of the molecule is [SbH3].c1ccc(Cc2cn[nH]n2)cc1. The van der Waals surface area contributed by atoms with E-state index >= 15 is 0 Å². The van der Waals surface area contributed by atoms with Crippen LogP contribution in [0.1, 0.15) is 11.3 Å². The smallest absolute Gasteiger partial charge is 0.0868 e. The summed E-state index contributed by atoms with van der Waals surface area (Å²) in [5.74, 6) is 0. The molecule has 0 unspecified atom stereocenters. The van der Waals surface area contributed by atoms with Crippen LogP contribution >= 0.6 is 0 Å². The van der Waals surface area contributed by atoms with Crippen LogP contribution in [0.2, 0.25) is 0 Å². The Kier molecular flexibility index (Phi) is 3.97. The van der Waals surface area contributed by atoms with Crippen molar-refractivity contribution in [2.45, 2.75) is 6.42 Å². The van der Waals surface area contributed by atoms with Gasteiger partial charge in [0.05, 0.1) is 11.9 Å². The third-order valence-corrected chi connectivity index (χ3v) is 1.69. The predicted molar refractivity (Wildman–Crippen MR) is 55.6 cm³/mol. The number of benzene rings is 1. The summed E-state index contributed by atoms with van der Waals surface area (Å²) in [6.07, 6.45) is 2.59. The van der Waals surface area contributed by atoms with Crippen LogP contribution < -0.4 is 0 Å². The topological polar surface area (TPSA) is 41.6 Å². The van der Waals surface area contributed by atoms with Crippen molar-refractivity contribution in [3.63, 3.8) is 0 Å². The molecule has 68 valence electrons. The van der Waals surface area contributed by atoms with E-state index in [-0.39, 0.29) is 24.4 Å². The first kappa shape index (κ1) is 10.3. The van der Waals surface area contributed by atoms with E-state index in [1.807, 2.05) is 18.2 Å². The second-order valence-corrected chi connectivity index (χ2v) is 2.62. The third-order valence-electron chi connectivity index (χ3n) is 1.69. The molecule has 0 atom stereocenters. The molecular formula is C9H12N3Sb. The van der Waals surface area contributed by atoms with Crippen molar-refractivity contribution in [2.75, 3.05) is 0 Å². The first-order valence-electron chi connectivity index (χ1n) is 3.84. The molecule has 0 aliphatic carbocycles.